The first-order valence-electron chi connectivity index (χ1n) is 4.80. The Bertz CT molecular complexity index is 469. The van der Waals surface area contributed by atoms with Crippen LogP contribution in [0.2, 0.25) is 5.15 Å². The zero-order valence-electron chi connectivity index (χ0n) is 9.31. The Kier molecular flexibility index (Phi) is 4.99. The van der Waals surface area contributed by atoms with Crippen LogP contribution in [0, 0.1) is 5.82 Å². The second-order valence-corrected chi connectivity index (χ2v) is 3.62. The number of carbonyl (C=O) groups excluding carboxylic acids is 1. The van der Waals surface area contributed by atoms with Gasteiger partial charge in [0.05, 0.1) is 18.3 Å². The Morgan fingerprint density at radius 2 is 2.33 bits per heavy atom. The van der Waals surface area contributed by atoms with Crippen molar-refractivity contribution in [2.24, 2.45) is 0 Å². The van der Waals surface area contributed by atoms with E-state index in [1.807, 2.05) is 0 Å². The van der Waals surface area contributed by atoms with Gasteiger partial charge in [-0.1, -0.05) is 11.6 Å². The number of rotatable bonds is 5. The van der Waals surface area contributed by atoms with Gasteiger partial charge in [-0.15, -0.1) is 0 Å². The molecular weight excluding hydrogens is 267 g/mol. The van der Waals surface area contributed by atoms with Gasteiger partial charge in [-0.05, 0) is 6.07 Å². The Labute approximate surface area is 107 Å². The maximum atomic E-state index is 12.9. The number of halogens is 2. The molecule has 2 N–H and O–H groups in total. The van der Waals surface area contributed by atoms with E-state index in [2.05, 4.69) is 15.0 Å². The van der Waals surface area contributed by atoms with Gasteiger partial charge in [-0.2, -0.15) is 0 Å². The molecule has 8 heteroatoms. The molecule has 1 aromatic heterocycles. The van der Waals surface area contributed by atoms with Gasteiger partial charge in [0.1, 0.15) is 11.0 Å². The lowest BCUT2D eigenvalue weighted by Gasteiger charge is -2.11. The third-order valence-electron chi connectivity index (χ3n) is 2.06. The molecule has 0 aliphatic rings. The smallest absolute Gasteiger partial charge is 0.334 e. The lowest BCUT2D eigenvalue weighted by molar-refractivity contribution is -0.148. The zero-order chi connectivity index (χ0) is 13.7. The summed E-state index contributed by atoms with van der Waals surface area (Å²) < 4.78 is 17.5. The first-order chi connectivity index (χ1) is 8.45. The molecule has 0 bridgehead atoms. The van der Waals surface area contributed by atoms with E-state index in [9.17, 15) is 14.0 Å². The van der Waals surface area contributed by atoms with Crippen molar-refractivity contribution in [3.05, 3.63) is 28.8 Å². The number of nitrogens with zero attached hydrogens (tertiary/aromatic N) is 1. The molecule has 1 amide bonds. The van der Waals surface area contributed by atoms with E-state index in [-0.39, 0.29) is 17.3 Å². The summed E-state index contributed by atoms with van der Waals surface area (Å²) in [6.07, 6.45) is -0.317. The minimum atomic E-state index is -1.22. The lowest BCUT2D eigenvalue weighted by atomic mass is 10.2. The summed E-state index contributed by atoms with van der Waals surface area (Å²) >= 11 is 5.62. The highest BCUT2D eigenvalue weighted by Crippen LogP contribution is 2.13. The highest BCUT2D eigenvalue weighted by Gasteiger charge is 2.19. The monoisotopic (exact) mass is 276 g/mol. The van der Waals surface area contributed by atoms with Crippen molar-refractivity contribution >= 4 is 23.5 Å². The second kappa shape index (κ2) is 6.27. The van der Waals surface area contributed by atoms with Crippen molar-refractivity contribution in [3.63, 3.8) is 0 Å². The first kappa shape index (κ1) is 14.3. The van der Waals surface area contributed by atoms with Gasteiger partial charge in [-0.3, -0.25) is 4.79 Å². The quantitative estimate of drug-likeness (QED) is 0.773. The number of aliphatic carboxylic acids is 1. The average molecular weight is 277 g/mol. The van der Waals surface area contributed by atoms with Gasteiger partial charge in [0.15, 0.2) is 6.10 Å². The third-order valence-corrected chi connectivity index (χ3v) is 2.36. The van der Waals surface area contributed by atoms with E-state index in [4.69, 9.17) is 16.7 Å². The summed E-state index contributed by atoms with van der Waals surface area (Å²) in [4.78, 5) is 25.7. The molecule has 0 aromatic carbocycles. The van der Waals surface area contributed by atoms with Gasteiger partial charge in [0.25, 0.3) is 5.91 Å². The number of pyridine rings is 1. The number of aromatic nitrogens is 1. The number of amides is 1. The van der Waals surface area contributed by atoms with Gasteiger partial charge < -0.3 is 15.2 Å². The van der Waals surface area contributed by atoms with Crippen LogP contribution in [-0.2, 0) is 9.53 Å². The van der Waals surface area contributed by atoms with Crippen LogP contribution >= 0.6 is 11.6 Å². The molecule has 1 rings (SSSR count). The number of carboxylic acids is 1. The van der Waals surface area contributed by atoms with Crippen LogP contribution in [0.3, 0.4) is 0 Å². The molecule has 1 heterocycles. The van der Waals surface area contributed by atoms with Crippen LogP contribution in [-0.4, -0.2) is 41.7 Å². The summed E-state index contributed by atoms with van der Waals surface area (Å²) in [5, 5.41) is 10.8. The SMILES string of the molecule is COC(CNC(=O)c1cc(F)cnc1Cl)C(=O)O. The summed E-state index contributed by atoms with van der Waals surface area (Å²) in [7, 11) is 1.20. The Hall–Kier alpha value is -1.73. The van der Waals surface area contributed by atoms with Gasteiger partial charge >= 0.3 is 5.97 Å². The van der Waals surface area contributed by atoms with E-state index in [0.29, 0.717) is 0 Å². The predicted molar refractivity (Wildman–Crippen MR) is 60.0 cm³/mol. The Morgan fingerprint density at radius 1 is 1.67 bits per heavy atom. The fraction of sp³-hybridized carbons (Fsp3) is 0.300. The molecule has 98 valence electrons. The molecule has 1 aromatic rings. The predicted octanol–water partition coefficient (Wildman–Crippen LogP) is 0.704. The third kappa shape index (κ3) is 3.64. The zero-order valence-corrected chi connectivity index (χ0v) is 10.1. The van der Waals surface area contributed by atoms with Gasteiger partial charge in [-0.25, -0.2) is 14.2 Å². The molecule has 6 nitrogen and oxygen atoms in total. The van der Waals surface area contributed by atoms with Crippen LogP contribution in [0.4, 0.5) is 4.39 Å². The van der Waals surface area contributed by atoms with Crippen LogP contribution in [0.5, 0.6) is 0 Å². The molecule has 1 unspecified atom stereocenters. The molecule has 18 heavy (non-hydrogen) atoms. The number of carbonyl (C=O) groups is 2. The van der Waals surface area contributed by atoms with E-state index >= 15 is 0 Å². The van der Waals surface area contributed by atoms with Crippen molar-refractivity contribution in [1.82, 2.24) is 10.3 Å². The molecule has 0 fully saturated rings. The number of carboxylic acid groups (broad SMARTS) is 1. The standard InChI is InChI=1S/C10H10ClFN2O4/c1-18-7(10(16)17)4-14-9(15)6-2-5(12)3-13-8(6)11/h2-3,7H,4H2,1H3,(H,14,15)(H,16,17). The van der Waals surface area contributed by atoms with E-state index in [1.165, 1.54) is 7.11 Å². The number of hydrogen-bond donors (Lipinski definition) is 2. The molecule has 0 aliphatic heterocycles. The van der Waals surface area contributed by atoms with Gasteiger partial charge in [0, 0.05) is 7.11 Å². The van der Waals surface area contributed by atoms with Crippen molar-refractivity contribution in [2.75, 3.05) is 13.7 Å². The number of ether oxygens (including phenoxy) is 1. The summed E-state index contributed by atoms with van der Waals surface area (Å²) in [5.41, 5.74) is -0.170. The van der Waals surface area contributed by atoms with Crippen molar-refractivity contribution in [1.29, 1.82) is 0 Å². The van der Waals surface area contributed by atoms with E-state index < -0.39 is 23.8 Å². The topological polar surface area (TPSA) is 88.5 Å². The van der Waals surface area contributed by atoms with Crippen LogP contribution < -0.4 is 5.32 Å². The van der Waals surface area contributed by atoms with Crippen LogP contribution in [0.1, 0.15) is 10.4 Å². The molecular formula is C10H10ClFN2O4. The number of hydrogen-bond acceptors (Lipinski definition) is 4. The van der Waals surface area contributed by atoms with Crippen molar-refractivity contribution < 1.29 is 23.8 Å². The minimum absolute atomic E-state index is 0.168. The lowest BCUT2D eigenvalue weighted by Crippen LogP contribution is -2.38. The molecule has 0 spiro atoms. The molecule has 0 aliphatic carbocycles. The summed E-state index contributed by atoms with van der Waals surface area (Å²) in [5.74, 6) is -2.66. The van der Waals surface area contributed by atoms with Gasteiger partial charge in [0.2, 0.25) is 0 Å². The maximum Gasteiger partial charge on any atom is 0.334 e. The fourth-order valence-electron chi connectivity index (χ4n) is 1.13. The van der Waals surface area contributed by atoms with Crippen LogP contribution in [0.25, 0.3) is 0 Å². The highest BCUT2D eigenvalue weighted by atomic mass is 35.5. The maximum absolute atomic E-state index is 12.9. The largest absolute Gasteiger partial charge is 0.479 e. The summed E-state index contributed by atoms with van der Waals surface area (Å²) in [6.45, 7) is -0.266. The second-order valence-electron chi connectivity index (χ2n) is 3.26. The fourth-order valence-corrected chi connectivity index (χ4v) is 1.32. The van der Waals surface area contributed by atoms with Crippen LogP contribution in [0.15, 0.2) is 12.3 Å². The van der Waals surface area contributed by atoms with E-state index in [1.54, 1.807) is 0 Å². The average Bonchev–Trinajstić information content (AvgIpc) is 2.32. The normalized spacial score (nSPS) is 11.9. The summed E-state index contributed by atoms with van der Waals surface area (Å²) in [6, 6.07) is 0.910. The minimum Gasteiger partial charge on any atom is -0.479 e. The molecule has 0 saturated heterocycles. The van der Waals surface area contributed by atoms with Crippen molar-refractivity contribution in [2.45, 2.75) is 6.10 Å². The molecule has 1 atom stereocenters. The molecule has 0 radical (unpaired) electrons. The van der Waals surface area contributed by atoms with E-state index in [0.717, 1.165) is 12.3 Å². The number of nitrogens with one attached hydrogen (secondary N) is 1. The Morgan fingerprint density at radius 3 is 2.89 bits per heavy atom. The number of methoxy groups -OCH3 is 1. The highest BCUT2D eigenvalue weighted by molar-refractivity contribution is 6.32. The molecule has 0 saturated carbocycles. The Balaban J connectivity index is 2.71. The first-order valence-corrected chi connectivity index (χ1v) is 5.18. The van der Waals surface area contributed by atoms with Crippen molar-refractivity contribution in [3.8, 4) is 0 Å².